The van der Waals surface area contributed by atoms with Crippen LogP contribution in [0.5, 0.6) is 0 Å². The Labute approximate surface area is 100 Å². The van der Waals surface area contributed by atoms with Gasteiger partial charge in [0.25, 0.3) is 0 Å². The highest BCUT2D eigenvalue weighted by atomic mass is 16.3. The number of rotatable bonds is 3. The highest BCUT2D eigenvalue weighted by Gasteiger charge is 2.30. The fourth-order valence-corrected chi connectivity index (χ4v) is 3.54. The highest BCUT2D eigenvalue weighted by molar-refractivity contribution is 4.86. The average Bonchev–Trinajstić information content (AvgIpc) is 2.32. The van der Waals surface area contributed by atoms with Crippen LogP contribution in [0.4, 0.5) is 0 Å². The lowest BCUT2D eigenvalue weighted by Gasteiger charge is -2.43. The van der Waals surface area contributed by atoms with Gasteiger partial charge in [0, 0.05) is 12.1 Å². The molecule has 0 aromatic heterocycles. The first kappa shape index (κ1) is 12.4. The van der Waals surface area contributed by atoms with E-state index < -0.39 is 0 Å². The maximum atomic E-state index is 9.58. The van der Waals surface area contributed by atoms with Gasteiger partial charge in [-0.25, -0.2) is 0 Å². The number of likely N-dealkylation sites (tertiary alicyclic amines) is 1. The number of aliphatic hydroxyl groups is 1. The van der Waals surface area contributed by atoms with Gasteiger partial charge in [-0.15, -0.1) is 0 Å². The molecule has 1 N–H and O–H groups in total. The van der Waals surface area contributed by atoms with Crippen LogP contribution in [-0.2, 0) is 0 Å². The van der Waals surface area contributed by atoms with Crippen LogP contribution in [0.25, 0.3) is 0 Å². The van der Waals surface area contributed by atoms with Crippen LogP contribution in [0.15, 0.2) is 0 Å². The summed E-state index contributed by atoms with van der Waals surface area (Å²) in [5.41, 5.74) is 0. The third-order valence-corrected chi connectivity index (χ3v) is 4.43. The standard InChI is InChI=1S/C14H27NO/c1-2-5-12-6-3-4-11-15(12)13-7-9-14(16)10-8-13/h12-14,16H,2-11H2,1H3. The second-order valence-electron chi connectivity index (χ2n) is 5.64. The molecule has 1 saturated heterocycles. The molecular weight excluding hydrogens is 198 g/mol. The molecule has 2 rings (SSSR count). The maximum absolute atomic E-state index is 9.58. The molecule has 1 heterocycles. The fourth-order valence-electron chi connectivity index (χ4n) is 3.54. The number of hydrogen-bond acceptors (Lipinski definition) is 2. The number of hydrogen-bond donors (Lipinski definition) is 1. The first-order valence-electron chi connectivity index (χ1n) is 7.25. The highest BCUT2D eigenvalue weighted by Crippen LogP contribution is 2.30. The van der Waals surface area contributed by atoms with Gasteiger partial charge < -0.3 is 5.11 Å². The third kappa shape index (κ3) is 2.98. The number of nitrogens with zero attached hydrogens (tertiary/aromatic N) is 1. The summed E-state index contributed by atoms with van der Waals surface area (Å²) in [6, 6.07) is 1.62. The van der Waals surface area contributed by atoms with Crippen molar-refractivity contribution in [3.8, 4) is 0 Å². The van der Waals surface area contributed by atoms with E-state index in [0.29, 0.717) is 0 Å². The zero-order chi connectivity index (χ0) is 11.4. The fraction of sp³-hybridized carbons (Fsp3) is 1.00. The Balaban J connectivity index is 1.89. The normalized spacial score (nSPS) is 37.5. The van der Waals surface area contributed by atoms with Crippen LogP contribution in [0.3, 0.4) is 0 Å². The molecule has 1 atom stereocenters. The van der Waals surface area contributed by atoms with E-state index >= 15 is 0 Å². The monoisotopic (exact) mass is 225 g/mol. The molecule has 2 nitrogen and oxygen atoms in total. The van der Waals surface area contributed by atoms with Crippen molar-refractivity contribution in [1.82, 2.24) is 4.90 Å². The Morgan fingerprint density at radius 3 is 2.50 bits per heavy atom. The van der Waals surface area contributed by atoms with Crippen molar-refractivity contribution < 1.29 is 5.11 Å². The molecule has 0 aromatic carbocycles. The Bertz CT molecular complexity index is 197. The molecule has 0 amide bonds. The zero-order valence-electron chi connectivity index (χ0n) is 10.7. The van der Waals surface area contributed by atoms with Crippen molar-refractivity contribution in [2.45, 2.75) is 82.9 Å². The van der Waals surface area contributed by atoms with E-state index in [1.807, 2.05) is 0 Å². The minimum atomic E-state index is -0.00864. The molecule has 2 fully saturated rings. The maximum Gasteiger partial charge on any atom is 0.0541 e. The van der Waals surface area contributed by atoms with Crippen LogP contribution >= 0.6 is 0 Å². The molecule has 1 aliphatic heterocycles. The number of piperidine rings is 1. The van der Waals surface area contributed by atoms with E-state index in [4.69, 9.17) is 0 Å². The van der Waals surface area contributed by atoms with Crippen molar-refractivity contribution in [1.29, 1.82) is 0 Å². The van der Waals surface area contributed by atoms with E-state index in [2.05, 4.69) is 11.8 Å². The lowest BCUT2D eigenvalue weighted by atomic mass is 9.88. The smallest absolute Gasteiger partial charge is 0.0541 e. The van der Waals surface area contributed by atoms with E-state index in [9.17, 15) is 5.11 Å². The van der Waals surface area contributed by atoms with E-state index in [1.165, 1.54) is 51.5 Å². The van der Waals surface area contributed by atoms with Crippen LogP contribution in [-0.4, -0.2) is 34.7 Å². The minimum Gasteiger partial charge on any atom is -0.393 e. The van der Waals surface area contributed by atoms with Crippen LogP contribution in [0.1, 0.15) is 64.7 Å². The minimum absolute atomic E-state index is 0.00864. The predicted molar refractivity (Wildman–Crippen MR) is 67.5 cm³/mol. The lowest BCUT2D eigenvalue weighted by molar-refractivity contribution is 0.0326. The topological polar surface area (TPSA) is 23.5 Å². The summed E-state index contributed by atoms with van der Waals surface area (Å²) >= 11 is 0. The summed E-state index contributed by atoms with van der Waals surface area (Å²) in [6.45, 7) is 3.61. The van der Waals surface area contributed by atoms with E-state index in [1.54, 1.807) is 0 Å². The van der Waals surface area contributed by atoms with Crippen LogP contribution in [0.2, 0.25) is 0 Å². The summed E-state index contributed by atoms with van der Waals surface area (Å²) in [6.07, 6.45) is 11.4. The van der Waals surface area contributed by atoms with E-state index in [0.717, 1.165) is 24.9 Å². The molecule has 0 bridgehead atoms. The van der Waals surface area contributed by atoms with Crippen molar-refractivity contribution in [3.05, 3.63) is 0 Å². The molecule has 0 spiro atoms. The van der Waals surface area contributed by atoms with Gasteiger partial charge in [-0.3, -0.25) is 4.90 Å². The molecule has 16 heavy (non-hydrogen) atoms. The summed E-state index contributed by atoms with van der Waals surface area (Å²) in [5.74, 6) is 0. The van der Waals surface area contributed by atoms with Gasteiger partial charge in [0.2, 0.25) is 0 Å². The van der Waals surface area contributed by atoms with Gasteiger partial charge in [-0.1, -0.05) is 19.8 Å². The molecular formula is C14H27NO. The Morgan fingerprint density at radius 1 is 1.06 bits per heavy atom. The second kappa shape index (κ2) is 6.02. The average molecular weight is 225 g/mol. The zero-order valence-corrected chi connectivity index (χ0v) is 10.7. The van der Waals surface area contributed by atoms with E-state index in [-0.39, 0.29) is 6.10 Å². The SMILES string of the molecule is CCCC1CCCCN1C1CCC(O)CC1. The molecule has 2 aliphatic rings. The largest absolute Gasteiger partial charge is 0.393 e. The van der Waals surface area contributed by atoms with Crippen molar-refractivity contribution in [3.63, 3.8) is 0 Å². The van der Waals surface area contributed by atoms with Gasteiger partial charge in [-0.05, 0) is 51.5 Å². The molecule has 2 heteroatoms. The summed E-state index contributed by atoms with van der Waals surface area (Å²) in [5, 5.41) is 9.58. The first-order chi connectivity index (χ1) is 7.81. The Kier molecular flexibility index (Phi) is 4.66. The second-order valence-corrected chi connectivity index (χ2v) is 5.64. The van der Waals surface area contributed by atoms with Gasteiger partial charge >= 0.3 is 0 Å². The molecule has 0 aromatic rings. The van der Waals surface area contributed by atoms with Crippen molar-refractivity contribution in [2.75, 3.05) is 6.54 Å². The summed E-state index contributed by atoms with van der Waals surface area (Å²) < 4.78 is 0. The molecule has 1 unspecified atom stereocenters. The number of aliphatic hydroxyl groups excluding tert-OH is 1. The van der Waals surface area contributed by atoms with Crippen LogP contribution < -0.4 is 0 Å². The third-order valence-electron chi connectivity index (χ3n) is 4.43. The first-order valence-corrected chi connectivity index (χ1v) is 7.25. The van der Waals surface area contributed by atoms with Gasteiger partial charge in [0.15, 0.2) is 0 Å². The molecule has 94 valence electrons. The Hall–Kier alpha value is -0.0800. The van der Waals surface area contributed by atoms with Gasteiger partial charge in [-0.2, -0.15) is 0 Å². The summed E-state index contributed by atoms with van der Waals surface area (Å²) in [7, 11) is 0. The van der Waals surface area contributed by atoms with Gasteiger partial charge in [0.1, 0.15) is 0 Å². The van der Waals surface area contributed by atoms with Crippen molar-refractivity contribution in [2.24, 2.45) is 0 Å². The van der Waals surface area contributed by atoms with Crippen molar-refractivity contribution >= 4 is 0 Å². The molecule has 1 saturated carbocycles. The van der Waals surface area contributed by atoms with Crippen LogP contribution in [0, 0.1) is 0 Å². The Morgan fingerprint density at radius 2 is 1.81 bits per heavy atom. The molecule has 1 aliphatic carbocycles. The molecule has 0 radical (unpaired) electrons. The quantitative estimate of drug-likeness (QED) is 0.798. The summed E-state index contributed by atoms with van der Waals surface area (Å²) in [4.78, 5) is 2.78. The predicted octanol–water partition coefficient (Wildman–Crippen LogP) is 2.94. The lowest BCUT2D eigenvalue weighted by Crippen LogP contribution is -2.48. The van der Waals surface area contributed by atoms with Gasteiger partial charge in [0.05, 0.1) is 6.10 Å².